The second-order valence-electron chi connectivity index (χ2n) is 9.51. The first-order valence-corrected chi connectivity index (χ1v) is 11.4. The molecule has 2 heterocycles. The summed E-state index contributed by atoms with van der Waals surface area (Å²) >= 11 is 0. The van der Waals surface area contributed by atoms with Gasteiger partial charge < -0.3 is 10.6 Å². The number of fused-ring (bicyclic) bond motifs is 1. The molecule has 3 N–H and O–H groups in total. The summed E-state index contributed by atoms with van der Waals surface area (Å²) in [5.41, 5.74) is 7.23. The molecule has 1 aromatic rings. The highest BCUT2D eigenvalue weighted by atomic mass is 16.2. The molecule has 1 aromatic carbocycles. The lowest BCUT2D eigenvalue weighted by atomic mass is 9.70. The molecule has 4 amide bonds. The lowest BCUT2D eigenvalue weighted by Crippen LogP contribution is -2.55. The van der Waals surface area contributed by atoms with Gasteiger partial charge in [0.15, 0.2) is 0 Å². The number of nitrogens with two attached hydrogens (primary N) is 1. The number of rotatable bonds is 5. The van der Waals surface area contributed by atoms with Crippen LogP contribution in [-0.2, 0) is 9.59 Å². The van der Waals surface area contributed by atoms with Crippen LogP contribution in [0, 0.1) is 17.8 Å². The van der Waals surface area contributed by atoms with E-state index in [1.807, 2.05) is 0 Å². The summed E-state index contributed by atoms with van der Waals surface area (Å²) in [6, 6.07) is 3.98. The van der Waals surface area contributed by atoms with Crippen molar-refractivity contribution >= 4 is 23.6 Å². The summed E-state index contributed by atoms with van der Waals surface area (Å²) in [7, 11) is 0. The SMILES string of the molecule is CC(C)[C@@H](C1CCCCC1)C1c2cc(C(N)=O)ccc2C(=O)N1C1CCC(=O)NC1=O. The Morgan fingerprint density at radius 3 is 2.42 bits per heavy atom. The lowest BCUT2D eigenvalue weighted by Gasteiger charge is -2.43. The maximum Gasteiger partial charge on any atom is 0.255 e. The van der Waals surface area contributed by atoms with Gasteiger partial charge in [0.05, 0.1) is 6.04 Å². The van der Waals surface area contributed by atoms with Gasteiger partial charge in [0.2, 0.25) is 17.7 Å². The van der Waals surface area contributed by atoms with Gasteiger partial charge in [-0.25, -0.2) is 0 Å². The van der Waals surface area contributed by atoms with Crippen molar-refractivity contribution in [1.82, 2.24) is 10.2 Å². The number of benzene rings is 1. The Labute approximate surface area is 182 Å². The van der Waals surface area contributed by atoms with Gasteiger partial charge in [0, 0.05) is 17.5 Å². The monoisotopic (exact) mass is 425 g/mol. The first-order chi connectivity index (χ1) is 14.8. The quantitative estimate of drug-likeness (QED) is 0.707. The summed E-state index contributed by atoms with van der Waals surface area (Å²) < 4.78 is 0. The van der Waals surface area contributed by atoms with Crippen LogP contribution in [0.5, 0.6) is 0 Å². The van der Waals surface area contributed by atoms with E-state index in [-0.39, 0.29) is 36.1 Å². The minimum Gasteiger partial charge on any atom is -0.366 e. The standard InChI is InChI=1S/C24H31N3O4/c1-13(2)20(14-6-4-3-5-7-14)21-17-12-15(22(25)29)8-9-16(17)24(31)27(21)18-10-11-19(28)26-23(18)30/h8-9,12-14,18,20-21H,3-7,10-11H2,1-2H3,(H2,25,29)(H,26,28,30)/t18?,20-,21?/m0/s1. The minimum absolute atomic E-state index is 0.152. The highest BCUT2D eigenvalue weighted by molar-refractivity contribution is 6.06. The van der Waals surface area contributed by atoms with E-state index in [2.05, 4.69) is 19.2 Å². The van der Waals surface area contributed by atoms with Crippen molar-refractivity contribution < 1.29 is 19.2 Å². The lowest BCUT2D eigenvalue weighted by molar-refractivity contribution is -0.138. The van der Waals surface area contributed by atoms with Crippen LogP contribution < -0.4 is 11.1 Å². The van der Waals surface area contributed by atoms with Crippen LogP contribution in [0.4, 0.5) is 0 Å². The molecule has 7 nitrogen and oxygen atoms in total. The van der Waals surface area contributed by atoms with E-state index >= 15 is 0 Å². The molecule has 3 atom stereocenters. The first-order valence-electron chi connectivity index (χ1n) is 11.4. The molecule has 1 aliphatic carbocycles. The molecule has 2 unspecified atom stereocenters. The molecule has 3 aliphatic rings. The van der Waals surface area contributed by atoms with Crippen LogP contribution in [0.1, 0.15) is 91.1 Å². The highest BCUT2D eigenvalue weighted by Crippen LogP contribution is 2.49. The maximum absolute atomic E-state index is 13.6. The molecule has 2 aliphatic heterocycles. The van der Waals surface area contributed by atoms with Crippen LogP contribution in [0.15, 0.2) is 18.2 Å². The number of amides is 4. The van der Waals surface area contributed by atoms with Gasteiger partial charge in [0.1, 0.15) is 6.04 Å². The van der Waals surface area contributed by atoms with Gasteiger partial charge in [-0.15, -0.1) is 0 Å². The second-order valence-corrected chi connectivity index (χ2v) is 9.51. The average Bonchev–Trinajstić information content (AvgIpc) is 3.01. The first kappa shape index (κ1) is 21.5. The predicted octanol–water partition coefficient (Wildman–Crippen LogP) is 2.94. The molecule has 7 heteroatoms. The van der Waals surface area contributed by atoms with Crippen molar-refractivity contribution in [2.75, 3.05) is 0 Å². The van der Waals surface area contributed by atoms with Gasteiger partial charge >= 0.3 is 0 Å². The Bertz CT molecular complexity index is 919. The minimum atomic E-state index is -0.690. The number of hydrogen-bond acceptors (Lipinski definition) is 4. The summed E-state index contributed by atoms with van der Waals surface area (Å²) in [6.45, 7) is 4.34. The Balaban J connectivity index is 1.82. The predicted molar refractivity (Wildman–Crippen MR) is 115 cm³/mol. The topological polar surface area (TPSA) is 110 Å². The fraction of sp³-hybridized carbons (Fsp3) is 0.583. The van der Waals surface area contributed by atoms with E-state index in [0.717, 1.165) is 18.4 Å². The molecule has 1 saturated carbocycles. The van der Waals surface area contributed by atoms with Gasteiger partial charge in [0.25, 0.3) is 5.91 Å². The van der Waals surface area contributed by atoms with Crippen molar-refractivity contribution in [2.45, 2.75) is 70.9 Å². The molecule has 31 heavy (non-hydrogen) atoms. The van der Waals surface area contributed by atoms with Gasteiger partial charge in [-0.2, -0.15) is 0 Å². The van der Waals surface area contributed by atoms with Crippen molar-refractivity contribution in [3.63, 3.8) is 0 Å². The smallest absolute Gasteiger partial charge is 0.255 e. The molecule has 4 rings (SSSR count). The van der Waals surface area contributed by atoms with E-state index in [0.29, 0.717) is 23.5 Å². The largest absolute Gasteiger partial charge is 0.366 e. The van der Waals surface area contributed by atoms with Crippen molar-refractivity contribution in [2.24, 2.45) is 23.5 Å². The molecule has 0 bridgehead atoms. The van der Waals surface area contributed by atoms with Gasteiger partial charge in [-0.05, 0) is 47.9 Å². The zero-order chi connectivity index (χ0) is 22.3. The molecule has 0 aromatic heterocycles. The third-order valence-electron chi connectivity index (χ3n) is 7.29. The Kier molecular flexibility index (Phi) is 5.86. The van der Waals surface area contributed by atoms with Crippen molar-refractivity contribution in [3.8, 4) is 0 Å². The molecular formula is C24H31N3O4. The van der Waals surface area contributed by atoms with Gasteiger partial charge in [-0.1, -0.05) is 46.0 Å². The molecular weight excluding hydrogens is 394 g/mol. The highest BCUT2D eigenvalue weighted by Gasteiger charge is 2.50. The normalized spacial score (nSPS) is 25.5. The van der Waals surface area contributed by atoms with E-state index < -0.39 is 17.9 Å². The van der Waals surface area contributed by atoms with Crippen molar-refractivity contribution in [1.29, 1.82) is 0 Å². The Morgan fingerprint density at radius 1 is 1.10 bits per heavy atom. The maximum atomic E-state index is 13.6. The molecule has 0 radical (unpaired) electrons. The number of piperidine rings is 1. The fourth-order valence-corrected chi connectivity index (χ4v) is 5.93. The number of nitrogens with zero attached hydrogens (tertiary/aromatic N) is 1. The molecule has 1 saturated heterocycles. The van der Waals surface area contributed by atoms with Crippen LogP contribution >= 0.6 is 0 Å². The number of nitrogens with one attached hydrogen (secondary N) is 1. The molecule has 2 fully saturated rings. The van der Waals surface area contributed by atoms with Crippen LogP contribution in [-0.4, -0.2) is 34.6 Å². The molecule has 0 spiro atoms. The number of primary amides is 1. The zero-order valence-corrected chi connectivity index (χ0v) is 18.2. The van der Waals surface area contributed by atoms with Gasteiger partial charge in [-0.3, -0.25) is 24.5 Å². The summed E-state index contributed by atoms with van der Waals surface area (Å²) in [4.78, 5) is 51.7. The van der Waals surface area contributed by atoms with Crippen molar-refractivity contribution in [3.05, 3.63) is 34.9 Å². The summed E-state index contributed by atoms with van der Waals surface area (Å²) in [5, 5.41) is 2.41. The van der Waals surface area contributed by atoms with Crippen LogP contribution in [0.3, 0.4) is 0 Å². The molecule has 166 valence electrons. The fourth-order valence-electron chi connectivity index (χ4n) is 5.93. The van der Waals surface area contributed by atoms with E-state index in [1.54, 1.807) is 23.1 Å². The zero-order valence-electron chi connectivity index (χ0n) is 18.2. The Morgan fingerprint density at radius 2 is 1.81 bits per heavy atom. The second kappa shape index (κ2) is 8.44. The number of imide groups is 1. The Hall–Kier alpha value is -2.70. The van der Waals surface area contributed by atoms with E-state index in [9.17, 15) is 19.2 Å². The van der Waals surface area contributed by atoms with Crippen LogP contribution in [0.25, 0.3) is 0 Å². The average molecular weight is 426 g/mol. The summed E-state index contributed by atoms with van der Waals surface area (Å²) in [6.07, 6.45) is 6.29. The third-order valence-corrected chi connectivity index (χ3v) is 7.29. The van der Waals surface area contributed by atoms with Crippen LogP contribution in [0.2, 0.25) is 0 Å². The number of carbonyl (C=O) groups is 4. The number of hydrogen-bond donors (Lipinski definition) is 2. The third kappa shape index (κ3) is 3.86. The van der Waals surface area contributed by atoms with E-state index in [4.69, 9.17) is 5.73 Å². The van der Waals surface area contributed by atoms with E-state index in [1.165, 1.54) is 19.3 Å². The number of carbonyl (C=O) groups excluding carboxylic acids is 4. The summed E-state index contributed by atoms with van der Waals surface area (Å²) in [5.74, 6) is -0.585.